The number of aromatic nitrogens is 3. The van der Waals surface area contributed by atoms with Crippen molar-refractivity contribution in [3.63, 3.8) is 0 Å². The molecule has 10 heteroatoms. The number of ether oxygens (including phenoxy) is 3. The van der Waals surface area contributed by atoms with Crippen molar-refractivity contribution in [2.24, 2.45) is 0 Å². The maximum absolute atomic E-state index is 13.6. The average molecular weight is 451 g/mol. The summed E-state index contributed by atoms with van der Waals surface area (Å²) in [5.41, 5.74) is 2.25. The molecule has 2 aromatic carbocycles. The number of methoxy groups -OCH3 is 2. The number of hydrogen-bond acceptors (Lipinski definition) is 8. The van der Waals surface area contributed by atoms with Crippen LogP contribution in [0.3, 0.4) is 0 Å². The van der Waals surface area contributed by atoms with E-state index in [1.165, 1.54) is 19.5 Å². The number of phenols is 1. The fourth-order valence-electron chi connectivity index (χ4n) is 3.76. The largest absolute Gasteiger partial charge is 0.504 e. The number of anilines is 2. The van der Waals surface area contributed by atoms with E-state index in [1.54, 1.807) is 49.0 Å². The number of aromatic hydroxyl groups is 1. The first-order valence-electron chi connectivity index (χ1n) is 10.3. The third kappa shape index (κ3) is 4.14. The van der Waals surface area contributed by atoms with Crippen LogP contribution in [0.5, 0.6) is 23.0 Å². The lowest BCUT2D eigenvalue weighted by Crippen LogP contribution is -2.31. The summed E-state index contributed by atoms with van der Waals surface area (Å²) in [6, 6.07) is 9.51. The van der Waals surface area contributed by atoms with E-state index in [4.69, 9.17) is 14.2 Å². The number of rotatable bonds is 7. The van der Waals surface area contributed by atoms with Gasteiger partial charge in [0.2, 0.25) is 5.95 Å². The van der Waals surface area contributed by atoms with Crippen molar-refractivity contribution in [3.05, 3.63) is 59.6 Å². The lowest BCUT2D eigenvalue weighted by atomic mass is 9.94. The molecule has 1 atom stereocenters. The van der Waals surface area contributed by atoms with Crippen LogP contribution in [0.2, 0.25) is 0 Å². The molecule has 0 saturated heterocycles. The molecule has 0 bridgehead atoms. The minimum Gasteiger partial charge on any atom is -0.504 e. The second-order valence-corrected chi connectivity index (χ2v) is 7.27. The topological polar surface area (TPSA) is 120 Å². The molecular formula is C23H25N5O5. The number of carbonyl (C=O) groups is 1. The summed E-state index contributed by atoms with van der Waals surface area (Å²) >= 11 is 0. The summed E-state index contributed by atoms with van der Waals surface area (Å²) in [5.74, 6) is 1.57. The van der Waals surface area contributed by atoms with Gasteiger partial charge in [0.1, 0.15) is 23.9 Å². The van der Waals surface area contributed by atoms with Crippen LogP contribution < -0.4 is 24.8 Å². The number of nitrogens with zero attached hydrogens (tertiary/aromatic N) is 3. The summed E-state index contributed by atoms with van der Waals surface area (Å²) in [6.07, 6.45) is 1.42. The number of phenolic OH excluding ortho intramolecular Hbond substituents is 1. The number of benzene rings is 2. The molecule has 1 aliphatic heterocycles. The van der Waals surface area contributed by atoms with Crippen LogP contribution in [0.1, 0.15) is 25.5 Å². The van der Waals surface area contributed by atoms with E-state index < -0.39 is 6.04 Å². The minimum atomic E-state index is -0.604. The summed E-state index contributed by atoms with van der Waals surface area (Å²) in [6.45, 7) is 4.02. The van der Waals surface area contributed by atoms with Gasteiger partial charge in [-0.15, -0.1) is 0 Å². The first-order valence-corrected chi connectivity index (χ1v) is 10.3. The molecule has 1 aromatic heterocycles. The number of amides is 1. The van der Waals surface area contributed by atoms with E-state index >= 15 is 0 Å². The van der Waals surface area contributed by atoms with E-state index in [-0.39, 0.29) is 11.7 Å². The van der Waals surface area contributed by atoms with Crippen molar-refractivity contribution >= 4 is 17.5 Å². The number of allylic oxidation sites excluding steroid dienone is 1. The van der Waals surface area contributed by atoms with Crippen LogP contribution in [-0.4, -0.2) is 46.6 Å². The van der Waals surface area contributed by atoms with Gasteiger partial charge in [-0.1, -0.05) is 6.07 Å². The summed E-state index contributed by atoms with van der Waals surface area (Å²) in [4.78, 5) is 17.8. The minimum absolute atomic E-state index is 0.0167. The maximum atomic E-state index is 13.6. The average Bonchev–Trinajstić information content (AvgIpc) is 3.28. The highest BCUT2D eigenvalue weighted by Crippen LogP contribution is 2.39. The van der Waals surface area contributed by atoms with E-state index in [1.807, 2.05) is 6.92 Å². The van der Waals surface area contributed by atoms with E-state index in [0.717, 1.165) is 0 Å². The van der Waals surface area contributed by atoms with Gasteiger partial charge < -0.3 is 30.0 Å². The van der Waals surface area contributed by atoms with Crippen LogP contribution >= 0.6 is 0 Å². The van der Waals surface area contributed by atoms with Gasteiger partial charge in [-0.05, 0) is 43.7 Å². The second-order valence-electron chi connectivity index (χ2n) is 7.27. The number of hydrogen-bond donors (Lipinski definition) is 3. The van der Waals surface area contributed by atoms with Gasteiger partial charge >= 0.3 is 0 Å². The van der Waals surface area contributed by atoms with Gasteiger partial charge in [-0.25, -0.2) is 4.68 Å². The predicted octanol–water partition coefficient (Wildman–Crippen LogP) is 3.33. The fourth-order valence-corrected chi connectivity index (χ4v) is 3.76. The highest BCUT2D eigenvalue weighted by Gasteiger charge is 2.34. The number of fused-ring (bicyclic) bond motifs is 1. The van der Waals surface area contributed by atoms with E-state index in [2.05, 4.69) is 20.7 Å². The smallest absolute Gasteiger partial charge is 0.255 e. The zero-order valence-electron chi connectivity index (χ0n) is 18.7. The van der Waals surface area contributed by atoms with Crippen molar-refractivity contribution in [2.45, 2.75) is 19.9 Å². The SMILES string of the molecule is CCOc1cc([C@H]2C(C(=O)Nc3ccc(OC)cc3OC)=C(C)Nc3ncnn32)ccc1O. The molecule has 0 unspecified atom stereocenters. The lowest BCUT2D eigenvalue weighted by Gasteiger charge is -2.29. The summed E-state index contributed by atoms with van der Waals surface area (Å²) in [5, 5.41) is 20.5. The molecule has 3 N–H and O–H groups in total. The Kier molecular flexibility index (Phi) is 6.07. The predicted molar refractivity (Wildman–Crippen MR) is 122 cm³/mol. The maximum Gasteiger partial charge on any atom is 0.255 e. The molecule has 1 aliphatic rings. The summed E-state index contributed by atoms with van der Waals surface area (Å²) in [7, 11) is 3.08. The highest BCUT2D eigenvalue weighted by molar-refractivity contribution is 6.06. The number of nitrogens with one attached hydrogen (secondary N) is 2. The quantitative estimate of drug-likeness (QED) is 0.500. The zero-order chi connectivity index (χ0) is 23.5. The Balaban J connectivity index is 1.76. The second kappa shape index (κ2) is 9.11. The first kappa shape index (κ1) is 22.0. The fraction of sp³-hybridized carbons (Fsp3) is 0.261. The monoisotopic (exact) mass is 451 g/mol. The summed E-state index contributed by atoms with van der Waals surface area (Å²) < 4.78 is 17.8. The van der Waals surface area contributed by atoms with Gasteiger partial charge in [0.15, 0.2) is 11.5 Å². The Morgan fingerprint density at radius 3 is 2.73 bits per heavy atom. The van der Waals surface area contributed by atoms with E-state index in [0.29, 0.717) is 52.3 Å². The standard InChI is InChI=1S/C23H25N5O5/c1-5-33-19-10-14(6-9-17(19)29)21-20(13(2)26-23-24-12-25-28(21)23)22(30)27-16-8-7-15(31-3)11-18(16)32-4/h6-12,21,29H,5H2,1-4H3,(H,27,30)(H,24,25,26)/t21-/m0/s1. The molecule has 3 aromatic rings. The van der Waals surface area contributed by atoms with Crippen LogP contribution in [-0.2, 0) is 4.79 Å². The molecule has 0 radical (unpaired) electrons. The van der Waals surface area contributed by atoms with Crippen LogP contribution in [0.25, 0.3) is 0 Å². The molecule has 0 spiro atoms. The van der Waals surface area contributed by atoms with Gasteiger partial charge in [0, 0.05) is 11.8 Å². The van der Waals surface area contributed by atoms with Gasteiger partial charge in [-0.2, -0.15) is 10.1 Å². The third-order valence-electron chi connectivity index (χ3n) is 5.30. The molecule has 1 amide bonds. The molecule has 0 saturated carbocycles. The molecule has 2 heterocycles. The van der Waals surface area contributed by atoms with Crippen molar-refractivity contribution in [3.8, 4) is 23.0 Å². The van der Waals surface area contributed by atoms with Gasteiger partial charge in [-0.3, -0.25) is 4.79 Å². The molecule has 0 aliphatic carbocycles. The third-order valence-corrected chi connectivity index (χ3v) is 5.30. The van der Waals surface area contributed by atoms with Crippen molar-refractivity contribution < 1.29 is 24.1 Å². The first-order chi connectivity index (χ1) is 16.0. The van der Waals surface area contributed by atoms with Crippen molar-refractivity contribution in [2.75, 3.05) is 31.5 Å². The van der Waals surface area contributed by atoms with E-state index in [9.17, 15) is 9.90 Å². The number of carbonyl (C=O) groups excluding carboxylic acids is 1. The van der Waals surface area contributed by atoms with Gasteiger partial charge in [0.25, 0.3) is 5.91 Å². The Morgan fingerprint density at radius 1 is 1.18 bits per heavy atom. The molecule has 10 nitrogen and oxygen atoms in total. The normalized spacial score (nSPS) is 14.8. The Bertz CT molecular complexity index is 1220. The molecule has 0 fully saturated rings. The van der Waals surface area contributed by atoms with Crippen LogP contribution in [0, 0.1) is 0 Å². The van der Waals surface area contributed by atoms with Gasteiger partial charge in [0.05, 0.1) is 32.1 Å². The molecule has 4 rings (SSSR count). The zero-order valence-corrected chi connectivity index (χ0v) is 18.7. The molecular weight excluding hydrogens is 426 g/mol. The highest BCUT2D eigenvalue weighted by atomic mass is 16.5. The molecule has 172 valence electrons. The van der Waals surface area contributed by atoms with Crippen LogP contribution in [0.4, 0.5) is 11.6 Å². The van der Waals surface area contributed by atoms with Crippen LogP contribution in [0.15, 0.2) is 54.0 Å². The Labute approximate surface area is 190 Å². The van der Waals surface area contributed by atoms with Crippen molar-refractivity contribution in [1.82, 2.24) is 14.8 Å². The van der Waals surface area contributed by atoms with Crippen molar-refractivity contribution in [1.29, 1.82) is 0 Å². The Hall–Kier alpha value is -4.21. The molecule has 33 heavy (non-hydrogen) atoms. The lowest BCUT2D eigenvalue weighted by molar-refractivity contribution is -0.113. The Morgan fingerprint density at radius 2 is 2.00 bits per heavy atom.